The van der Waals surface area contributed by atoms with Gasteiger partial charge < -0.3 is 4.43 Å². The second-order valence-corrected chi connectivity index (χ2v) is 7.46. The molecule has 1 aromatic carbocycles. The van der Waals surface area contributed by atoms with E-state index in [0.29, 0.717) is 30.6 Å². The molecule has 2 fully saturated rings. The van der Waals surface area contributed by atoms with E-state index in [1.165, 1.54) is 30.4 Å². The van der Waals surface area contributed by atoms with E-state index >= 15 is 0 Å². The third kappa shape index (κ3) is 1.97. The van der Waals surface area contributed by atoms with Crippen molar-refractivity contribution < 1.29 is 9.22 Å². The molecule has 4 atom stereocenters. The third-order valence-corrected chi connectivity index (χ3v) is 6.44. The van der Waals surface area contributed by atoms with Crippen molar-refractivity contribution in [3.8, 4) is 0 Å². The number of hydrogen-bond donors (Lipinski definition) is 0. The lowest BCUT2D eigenvalue weighted by Gasteiger charge is -2.49. The van der Waals surface area contributed by atoms with E-state index in [2.05, 4.69) is 34.8 Å². The minimum atomic E-state index is 0.103. The summed E-state index contributed by atoms with van der Waals surface area (Å²) >= 11 is 0. The molecule has 3 radical (unpaired) electrons. The van der Waals surface area contributed by atoms with E-state index < -0.39 is 0 Å². The predicted octanol–water partition coefficient (Wildman–Crippen LogP) is 3.19. The predicted molar refractivity (Wildman–Crippen MR) is 82.1 cm³/mol. The van der Waals surface area contributed by atoms with Gasteiger partial charge in [0.05, 0.1) is 0 Å². The molecule has 0 aromatic heterocycles. The minimum Gasteiger partial charge on any atom is -0.418 e. The van der Waals surface area contributed by atoms with Crippen LogP contribution in [-0.2, 0) is 15.6 Å². The Morgan fingerprint density at radius 2 is 2.14 bits per heavy atom. The van der Waals surface area contributed by atoms with Gasteiger partial charge in [-0.2, -0.15) is 0 Å². The van der Waals surface area contributed by atoms with Gasteiger partial charge in [0, 0.05) is 24.4 Å². The van der Waals surface area contributed by atoms with Crippen LogP contribution in [-0.4, -0.2) is 22.9 Å². The first-order valence-corrected chi connectivity index (χ1v) is 8.55. The summed E-state index contributed by atoms with van der Waals surface area (Å²) < 4.78 is 5.34. The first kappa shape index (κ1) is 13.7. The van der Waals surface area contributed by atoms with Crippen LogP contribution in [0.1, 0.15) is 49.1 Å². The van der Waals surface area contributed by atoms with Gasteiger partial charge in [-0.25, -0.2) is 0 Å². The Morgan fingerprint density at radius 1 is 1.29 bits per heavy atom. The summed E-state index contributed by atoms with van der Waals surface area (Å²) in [6.45, 7) is 0.686. The maximum absolute atomic E-state index is 12.9. The fraction of sp³-hybridized carbons (Fsp3) is 0.611. The highest BCUT2D eigenvalue weighted by Crippen LogP contribution is 2.59. The van der Waals surface area contributed by atoms with Crippen LogP contribution in [0.4, 0.5) is 0 Å². The van der Waals surface area contributed by atoms with Crippen molar-refractivity contribution in [1.29, 1.82) is 0 Å². The molecule has 0 bridgehead atoms. The molecule has 4 rings (SSSR count). The van der Waals surface area contributed by atoms with Crippen LogP contribution in [0.2, 0.25) is 0 Å². The number of carbonyl (C=O) groups excluding carboxylic acids is 1. The second kappa shape index (κ2) is 5.06. The zero-order valence-corrected chi connectivity index (χ0v) is 13.3. The van der Waals surface area contributed by atoms with Crippen molar-refractivity contribution in [2.24, 2.45) is 17.3 Å². The van der Waals surface area contributed by atoms with E-state index in [1.54, 1.807) is 0 Å². The van der Waals surface area contributed by atoms with Crippen LogP contribution in [0, 0.1) is 17.3 Å². The molecule has 3 heteroatoms. The SMILES string of the molecule is O=C1C[C@]2(CO[Si])CCC[C@H]2[C@@H]2CCc3ccccc3[C@@H]12. The minimum absolute atomic E-state index is 0.103. The Kier molecular flexibility index (Phi) is 3.30. The first-order chi connectivity index (χ1) is 10.2. The molecule has 0 heterocycles. The molecule has 3 aliphatic carbocycles. The number of rotatable bonds is 2. The summed E-state index contributed by atoms with van der Waals surface area (Å²) in [6.07, 6.45) is 6.68. The molecule has 2 nitrogen and oxygen atoms in total. The quantitative estimate of drug-likeness (QED) is 0.784. The standard InChI is InChI=1S/C18H21O2Si/c19-16-10-18(11-20-21)9-3-6-15(18)14-8-7-12-4-1-2-5-13(12)17(14)16/h1-2,4-5,14-15,17H,3,6-11H2/t14-,15-,17+,18-/m0/s1. The Bertz CT molecular complexity index is 570. The Balaban J connectivity index is 1.75. The summed E-state index contributed by atoms with van der Waals surface area (Å²) in [4.78, 5) is 12.9. The maximum Gasteiger partial charge on any atom is 0.246 e. The molecule has 3 aliphatic rings. The van der Waals surface area contributed by atoms with Crippen LogP contribution in [0.3, 0.4) is 0 Å². The van der Waals surface area contributed by atoms with Crippen molar-refractivity contribution in [3.63, 3.8) is 0 Å². The van der Waals surface area contributed by atoms with Crippen LogP contribution in [0.25, 0.3) is 0 Å². The molecule has 21 heavy (non-hydrogen) atoms. The van der Waals surface area contributed by atoms with E-state index in [4.69, 9.17) is 4.43 Å². The molecule has 0 spiro atoms. The van der Waals surface area contributed by atoms with Crippen molar-refractivity contribution >= 4 is 16.3 Å². The van der Waals surface area contributed by atoms with Crippen LogP contribution >= 0.6 is 0 Å². The van der Waals surface area contributed by atoms with E-state index in [9.17, 15) is 4.79 Å². The lowest BCUT2D eigenvalue weighted by Crippen LogP contribution is -2.48. The summed E-state index contributed by atoms with van der Waals surface area (Å²) in [6, 6.07) is 8.58. The van der Waals surface area contributed by atoms with Crippen molar-refractivity contribution in [1.82, 2.24) is 0 Å². The van der Waals surface area contributed by atoms with E-state index in [1.807, 2.05) is 0 Å². The fourth-order valence-corrected chi connectivity index (χ4v) is 5.80. The average Bonchev–Trinajstić information content (AvgIpc) is 2.90. The van der Waals surface area contributed by atoms with Gasteiger partial charge in [-0.05, 0) is 48.6 Å². The van der Waals surface area contributed by atoms with Gasteiger partial charge in [0.15, 0.2) is 0 Å². The molecule has 0 N–H and O–H groups in total. The van der Waals surface area contributed by atoms with Crippen LogP contribution in [0.15, 0.2) is 24.3 Å². The number of ketones is 1. The molecule has 1 aromatic rings. The molecule has 2 saturated carbocycles. The highest BCUT2D eigenvalue weighted by Gasteiger charge is 2.55. The van der Waals surface area contributed by atoms with Crippen molar-refractivity contribution in [2.45, 2.75) is 44.4 Å². The van der Waals surface area contributed by atoms with Gasteiger partial charge in [0.1, 0.15) is 5.78 Å². The van der Waals surface area contributed by atoms with E-state index in [-0.39, 0.29) is 11.3 Å². The average molecular weight is 297 g/mol. The monoisotopic (exact) mass is 297 g/mol. The van der Waals surface area contributed by atoms with Crippen molar-refractivity contribution in [2.75, 3.05) is 6.61 Å². The smallest absolute Gasteiger partial charge is 0.246 e. The van der Waals surface area contributed by atoms with Gasteiger partial charge in [-0.1, -0.05) is 30.7 Å². The summed E-state index contributed by atoms with van der Waals surface area (Å²) in [5, 5.41) is 0. The Labute approximate surface area is 129 Å². The molecule has 109 valence electrons. The zero-order valence-electron chi connectivity index (χ0n) is 12.3. The highest BCUT2D eigenvalue weighted by atomic mass is 28.2. The fourth-order valence-electron chi connectivity index (χ4n) is 5.51. The molecule has 0 amide bonds. The molecule has 0 unspecified atom stereocenters. The summed E-state index contributed by atoms with van der Waals surface area (Å²) in [5.74, 6) is 1.80. The maximum atomic E-state index is 12.9. The van der Waals surface area contributed by atoms with Gasteiger partial charge in [0.25, 0.3) is 0 Å². The van der Waals surface area contributed by atoms with Crippen molar-refractivity contribution in [3.05, 3.63) is 35.4 Å². The van der Waals surface area contributed by atoms with Gasteiger partial charge >= 0.3 is 0 Å². The van der Waals surface area contributed by atoms with Gasteiger partial charge in [-0.3, -0.25) is 4.79 Å². The number of fused-ring (bicyclic) bond motifs is 5. The van der Waals surface area contributed by atoms with Gasteiger partial charge in [0.2, 0.25) is 10.5 Å². The zero-order chi connectivity index (χ0) is 14.4. The second-order valence-electron chi connectivity index (χ2n) is 7.17. The first-order valence-electron chi connectivity index (χ1n) is 8.14. The lowest BCUT2D eigenvalue weighted by atomic mass is 9.55. The molecule has 0 aliphatic heterocycles. The number of benzene rings is 1. The lowest BCUT2D eigenvalue weighted by molar-refractivity contribution is -0.132. The van der Waals surface area contributed by atoms with Gasteiger partial charge in [-0.15, -0.1) is 0 Å². The Morgan fingerprint density at radius 3 is 3.00 bits per heavy atom. The van der Waals surface area contributed by atoms with Crippen LogP contribution < -0.4 is 0 Å². The summed E-state index contributed by atoms with van der Waals surface area (Å²) in [7, 11) is 3.19. The highest BCUT2D eigenvalue weighted by molar-refractivity contribution is 5.98. The number of Topliss-reactive ketones (excluding diaryl/α,β-unsaturated/α-hetero) is 1. The largest absolute Gasteiger partial charge is 0.418 e. The third-order valence-electron chi connectivity index (χ3n) is 6.29. The van der Waals surface area contributed by atoms with Crippen LogP contribution in [0.5, 0.6) is 0 Å². The number of aryl methyl sites for hydroxylation is 1. The molecular weight excluding hydrogens is 276 g/mol. The topological polar surface area (TPSA) is 26.3 Å². The molecule has 0 saturated heterocycles. The normalized spacial score (nSPS) is 37.8. The van der Waals surface area contributed by atoms with E-state index in [0.717, 1.165) is 12.8 Å². The summed E-state index contributed by atoms with van der Waals surface area (Å²) in [5.41, 5.74) is 2.82. The number of carbonyl (C=O) groups is 1. The molecular formula is C18H21O2Si. The number of hydrogen-bond acceptors (Lipinski definition) is 2. The Hall–Kier alpha value is -0.933.